The third-order valence-corrected chi connectivity index (χ3v) is 4.54. The molecule has 138 valence electrons. The maximum atomic E-state index is 12.6. The van der Waals surface area contributed by atoms with Crippen molar-refractivity contribution in [3.63, 3.8) is 0 Å². The van der Waals surface area contributed by atoms with E-state index in [9.17, 15) is 9.59 Å². The van der Waals surface area contributed by atoms with E-state index in [1.807, 2.05) is 30.0 Å². The second kappa shape index (κ2) is 8.71. The highest BCUT2D eigenvalue weighted by molar-refractivity contribution is 5.78. The molecular formula is C18H26N2O5. The van der Waals surface area contributed by atoms with E-state index < -0.39 is 5.97 Å². The van der Waals surface area contributed by atoms with Crippen molar-refractivity contribution < 1.29 is 24.2 Å². The Balaban J connectivity index is 1.97. The van der Waals surface area contributed by atoms with Gasteiger partial charge in [0.15, 0.2) is 11.5 Å². The molecule has 1 unspecified atom stereocenters. The lowest BCUT2D eigenvalue weighted by atomic mass is 10.1. The molecule has 1 aliphatic rings. The average molecular weight is 350 g/mol. The van der Waals surface area contributed by atoms with E-state index in [-0.39, 0.29) is 18.4 Å². The largest absolute Gasteiger partial charge is 0.493 e. The lowest BCUT2D eigenvalue weighted by molar-refractivity contribution is -0.141. The van der Waals surface area contributed by atoms with Crippen molar-refractivity contribution >= 4 is 11.9 Å². The first kappa shape index (κ1) is 19.1. The number of amides is 1. The second-order valence-corrected chi connectivity index (χ2v) is 6.16. The zero-order valence-corrected chi connectivity index (χ0v) is 15.0. The van der Waals surface area contributed by atoms with Crippen molar-refractivity contribution in [2.45, 2.75) is 19.9 Å². The number of hydrogen-bond acceptors (Lipinski definition) is 5. The number of rotatable bonds is 8. The molecule has 1 aromatic rings. The van der Waals surface area contributed by atoms with Crippen molar-refractivity contribution in [2.75, 3.05) is 40.4 Å². The molecule has 2 rings (SSSR count). The van der Waals surface area contributed by atoms with E-state index in [4.69, 9.17) is 14.6 Å². The molecule has 1 aliphatic heterocycles. The zero-order valence-electron chi connectivity index (χ0n) is 15.0. The van der Waals surface area contributed by atoms with E-state index >= 15 is 0 Å². The Bertz CT molecular complexity index is 619. The third-order valence-electron chi connectivity index (χ3n) is 4.54. The number of likely N-dealkylation sites (N-methyl/N-ethyl adjacent to an activating group) is 1. The van der Waals surface area contributed by atoms with Crippen LogP contribution >= 0.6 is 0 Å². The van der Waals surface area contributed by atoms with Crippen LogP contribution < -0.4 is 9.47 Å². The Kier molecular flexibility index (Phi) is 6.64. The topological polar surface area (TPSA) is 79.3 Å². The summed E-state index contributed by atoms with van der Waals surface area (Å²) in [5.41, 5.74) is 0.956. The molecule has 25 heavy (non-hydrogen) atoms. The fourth-order valence-electron chi connectivity index (χ4n) is 3.04. The van der Waals surface area contributed by atoms with Gasteiger partial charge in [-0.1, -0.05) is 6.07 Å². The van der Waals surface area contributed by atoms with Crippen LogP contribution in [0.1, 0.15) is 18.9 Å². The fourth-order valence-corrected chi connectivity index (χ4v) is 3.04. The quantitative estimate of drug-likeness (QED) is 0.765. The molecule has 1 amide bonds. The number of carbonyl (C=O) groups is 2. The maximum Gasteiger partial charge on any atom is 0.307 e. The molecule has 7 nitrogen and oxygen atoms in total. The van der Waals surface area contributed by atoms with Crippen LogP contribution in [0.4, 0.5) is 0 Å². The Labute approximate surface area is 148 Å². The van der Waals surface area contributed by atoms with Gasteiger partial charge in [-0.25, -0.2) is 0 Å². The molecule has 7 heteroatoms. The number of methoxy groups -OCH3 is 2. The molecule has 1 aromatic carbocycles. The van der Waals surface area contributed by atoms with Crippen molar-refractivity contribution in [2.24, 2.45) is 5.92 Å². The van der Waals surface area contributed by atoms with Gasteiger partial charge in [-0.05, 0) is 37.6 Å². The predicted octanol–water partition coefficient (Wildman–Crippen LogP) is 1.46. The molecule has 0 aromatic heterocycles. The number of aliphatic carboxylic acids is 1. The molecule has 1 N–H and O–H groups in total. The standard InChI is InChI=1S/C18H26N2O5/c1-4-20(10-13-5-6-15(24-2)16(9-13)25-3)17(21)12-19-8-7-14(11-19)18(22)23/h5-6,9,14H,4,7-8,10-12H2,1-3H3,(H,22,23). The number of carboxylic acid groups (broad SMARTS) is 1. The van der Waals surface area contributed by atoms with Gasteiger partial charge >= 0.3 is 5.97 Å². The van der Waals surface area contributed by atoms with Crippen LogP contribution in [0.25, 0.3) is 0 Å². The van der Waals surface area contributed by atoms with E-state index in [1.54, 1.807) is 19.1 Å². The Hall–Kier alpha value is -2.28. The van der Waals surface area contributed by atoms with Gasteiger partial charge in [0.1, 0.15) is 0 Å². The van der Waals surface area contributed by atoms with Gasteiger partial charge < -0.3 is 19.5 Å². The lowest BCUT2D eigenvalue weighted by Gasteiger charge is -2.24. The van der Waals surface area contributed by atoms with Crippen molar-refractivity contribution in [3.8, 4) is 11.5 Å². The van der Waals surface area contributed by atoms with Gasteiger partial charge in [0.25, 0.3) is 0 Å². The van der Waals surface area contributed by atoms with Gasteiger partial charge in [0, 0.05) is 19.6 Å². The third kappa shape index (κ3) is 4.85. The SMILES string of the molecule is CCN(Cc1ccc(OC)c(OC)c1)C(=O)CN1CCC(C(=O)O)C1. The summed E-state index contributed by atoms with van der Waals surface area (Å²) >= 11 is 0. The van der Waals surface area contributed by atoms with E-state index in [2.05, 4.69) is 0 Å². The van der Waals surface area contributed by atoms with Crippen molar-refractivity contribution in [1.29, 1.82) is 0 Å². The Morgan fingerprint density at radius 2 is 2.00 bits per heavy atom. The number of carbonyl (C=O) groups excluding carboxylic acids is 1. The van der Waals surface area contributed by atoms with Crippen LogP contribution in [0.3, 0.4) is 0 Å². The molecule has 0 radical (unpaired) electrons. The van der Waals surface area contributed by atoms with Crippen molar-refractivity contribution in [1.82, 2.24) is 9.80 Å². The number of hydrogen-bond donors (Lipinski definition) is 1. The molecule has 1 saturated heterocycles. The highest BCUT2D eigenvalue weighted by Crippen LogP contribution is 2.28. The van der Waals surface area contributed by atoms with Gasteiger partial charge in [-0.15, -0.1) is 0 Å². The fraction of sp³-hybridized carbons (Fsp3) is 0.556. The summed E-state index contributed by atoms with van der Waals surface area (Å²) < 4.78 is 10.5. The van der Waals surface area contributed by atoms with Crippen LogP contribution in [-0.4, -0.2) is 67.2 Å². The molecule has 0 bridgehead atoms. The first-order valence-electron chi connectivity index (χ1n) is 8.42. The smallest absolute Gasteiger partial charge is 0.307 e. The zero-order chi connectivity index (χ0) is 18.4. The monoisotopic (exact) mass is 350 g/mol. The molecule has 0 saturated carbocycles. The van der Waals surface area contributed by atoms with Gasteiger partial charge in [0.05, 0.1) is 26.7 Å². The number of nitrogens with zero attached hydrogens (tertiary/aromatic N) is 2. The van der Waals surface area contributed by atoms with E-state index in [1.165, 1.54) is 0 Å². The van der Waals surface area contributed by atoms with Gasteiger partial charge in [0.2, 0.25) is 5.91 Å². The molecule has 0 aliphatic carbocycles. The Morgan fingerprint density at radius 3 is 2.56 bits per heavy atom. The number of ether oxygens (including phenoxy) is 2. The van der Waals surface area contributed by atoms with E-state index in [0.717, 1.165) is 5.56 Å². The van der Waals surface area contributed by atoms with Crippen LogP contribution in [-0.2, 0) is 16.1 Å². The summed E-state index contributed by atoms with van der Waals surface area (Å²) in [7, 11) is 3.16. The van der Waals surface area contributed by atoms with Crippen LogP contribution in [0.2, 0.25) is 0 Å². The highest BCUT2D eigenvalue weighted by atomic mass is 16.5. The normalized spacial score (nSPS) is 17.3. The summed E-state index contributed by atoms with van der Waals surface area (Å²) in [6, 6.07) is 5.60. The molecule has 1 fully saturated rings. The van der Waals surface area contributed by atoms with E-state index in [0.29, 0.717) is 44.1 Å². The Morgan fingerprint density at radius 1 is 1.28 bits per heavy atom. The summed E-state index contributed by atoms with van der Waals surface area (Å²) in [4.78, 5) is 27.3. The summed E-state index contributed by atoms with van der Waals surface area (Å²) in [6.07, 6.45) is 0.602. The lowest BCUT2D eigenvalue weighted by Crippen LogP contribution is -2.39. The predicted molar refractivity (Wildman–Crippen MR) is 92.8 cm³/mol. The minimum atomic E-state index is -0.785. The van der Waals surface area contributed by atoms with Crippen LogP contribution in [0.15, 0.2) is 18.2 Å². The molecule has 1 heterocycles. The summed E-state index contributed by atoms with van der Waals surface area (Å²) in [5, 5.41) is 9.06. The minimum Gasteiger partial charge on any atom is -0.493 e. The van der Waals surface area contributed by atoms with Crippen LogP contribution in [0.5, 0.6) is 11.5 Å². The molecule has 1 atom stereocenters. The average Bonchev–Trinajstić information content (AvgIpc) is 3.08. The first-order chi connectivity index (χ1) is 12.0. The highest BCUT2D eigenvalue weighted by Gasteiger charge is 2.29. The summed E-state index contributed by atoms with van der Waals surface area (Å²) in [5.74, 6) is 0.134. The molecule has 0 spiro atoms. The van der Waals surface area contributed by atoms with Crippen LogP contribution in [0, 0.1) is 5.92 Å². The number of carboxylic acids is 1. The number of benzene rings is 1. The first-order valence-corrected chi connectivity index (χ1v) is 8.42. The van der Waals surface area contributed by atoms with Gasteiger partial charge in [-0.3, -0.25) is 14.5 Å². The minimum absolute atomic E-state index is 0.00308. The van der Waals surface area contributed by atoms with Gasteiger partial charge in [-0.2, -0.15) is 0 Å². The molecular weight excluding hydrogens is 324 g/mol. The second-order valence-electron chi connectivity index (χ2n) is 6.16. The maximum absolute atomic E-state index is 12.6. The van der Waals surface area contributed by atoms with Crippen molar-refractivity contribution in [3.05, 3.63) is 23.8 Å². The number of likely N-dealkylation sites (tertiary alicyclic amines) is 1. The summed E-state index contributed by atoms with van der Waals surface area (Å²) in [6.45, 7) is 4.34.